The van der Waals surface area contributed by atoms with Crippen LogP contribution in [0.4, 0.5) is 5.69 Å². The molecule has 0 amide bonds. The molecule has 3 aromatic rings. The second-order valence-corrected chi connectivity index (χ2v) is 11.6. The molecule has 2 bridgehead atoms. The van der Waals surface area contributed by atoms with Crippen LogP contribution < -0.4 is 9.61 Å². The van der Waals surface area contributed by atoms with E-state index in [-0.39, 0.29) is 28.0 Å². The number of benzene rings is 2. The van der Waals surface area contributed by atoms with Gasteiger partial charge in [0.1, 0.15) is 12.4 Å². The summed E-state index contributed by atoms with van der Waals surface area (Å²) in [5.41, 5.74) is 1.69. The molecule has 0 radical (unpaired) electrons. The monoisotopic (exact) mass is 500 g/mol. The van der Waals surface area contributed by atoms with Crippen molar-refractivity contribution in [1.29, 1.82) is 0 Å². The summed E-state index contributed by atoms with van der Waals surface area (Å²) in [6.07, 6.45) is 3.60. The van der Waals surface area contributed by atoms with Crippen molar-refractivity contribution >= 4 is 40.4 Å². The third kappa shape index (κ3) is 3.59. The number of aromatic nitrogens is 1. The Kier molecular flexibility index (Phi) is 5.27. The minimum Gasteiger partial charge on any atom is -0.489 e. The van der Waals surface area contributed by atoms with Crippen molar-refractivity contribution < 1.29 is 9.66 Å². The molecule has 2 aliphatic carbocycles. The van der Waals surface area contributed by atoms with Crippen LogP contribution in [-0.4, -0.2) is 15.2 Å². The fraction of sp³-hybridized carbons (Fsp3) is 0.375. The van der Waals surface area contributed by atoms with Crippen LogP contribution in [0.25, 0.3) is 0 Å². The Labute approximate surface area is 203 Å². The molecular weight excluding hydrogens is 480 g/mol. The third-order valence-corrected chi connectivity index (χ3v) is 10.3. The van der Waals surface area contributed by atoms with Crippen LogP contribution in [0.3, 0.4) is 0 Å². The van der Waals surface area contributed by atoms with E-state index in [0.29, 0.717) is 33.8 Å². The van der Waals surface area contributed by atoms with Crippen molar-refractivity contribution in [3.05, 3.63) is 83.3 Å². The van der Waals surface area contributed by atoms with Crippen LogP contribution in [0.2, 0.25) is 5.02 Å². The van der Waals surface area contributed by atoms with Crippen molar-refractivity contribution in [2.45, 2.75) is 42.1 Å². The highest BCUT2D eigenvalue weighted by Crippen LogP contribution is 2.64. The van der Waals surface area contributed by atoms with E-state index < -0.39 is 0 Å². The van der Waals surface area contributed by atoms with Gasteiger partial charge in [-0.1, -0.05) is 41.1 Å². The molecule has 3 aliphatic rings. The highest BCUT2D eigenvalue weighted by atomic mass is 35.5. The first kappa shape index (κ1) is 21.3. The number of nitrogens with zero attached hydrogens (tertiary/aromatic N) is 1. The molecule has 2 fully saturated rings. The average Bonchev–Trinajstić information content (AvgIpc) is 3.51. The summed E-state index contributed by atoms with van der Waals surface area (Å²) in [5.74, 6) is 2.07. The zero-order chi connectivity index (χ0) is 22.7. The Morgan fingerprint density at radius 2 is 2.00 bits per heavy atom. The standard InChI is InChI=1S/C24H21ClN2O4S2/c25-17-4-2-1-3-14(17)11-31-18-8-7-15(27(29)30)10-16(18)20-19-12-5-6-13(9-12)21(19)32-23-22(20)33-24(28)26-23/h1-4,7-8,10,12-13,19-21H,5-6,9,11H2,(H,26,28)/t12-,13-,19-,20-,21-/m1/s1. The molecule has 1 aromatic heterocycles. The fourth-order valence-electron chi connectivity index (χ4n) is 5.99. The van der Waals surface area contributed by atoms with Gasteiger partial charge in [0.25, 0.3) is 5.69 Å². The zero-order valence-corrected chi connectivity index (χ0v) is 19.9. The summed E-state index contributed by atoms with van der Waals surface area (Å²) >= 11 is 9.35. The van der Waals surface area contributed by atoms with Crippen LogP contribution in [0.15, 0.2) is 52.3 Å². The number of fused-ring (bicyclic) bond motifs is 6. The van der Waals surface area contributed by atoms with Gasteiger partial charge in [-0.3, -0.25) is 14.9 Å². The molecular formula is C24H21ClN2O4S2. The number of hydrogen-bond acceptors (Lipinski definition) is 6. The van der Waals surface area contributed by atoms with Crippen molar-refractivity contribution in [3.8, 4) is 5.75 Å². The van der Waals surface area contributed by atoms with Crippen molar-refractivity contribution in [1.82, 2.24) is 4.98 Å². The quantitative estimate of drug-likeness (QED) is 0.331. The van der Waals surface area contributed by atoms with Crippen LogP contribution >= 0.6 is 34.7 Å². The number of ether oxygens (including phenoxy) is 1. The number of nitro benzene ring substituents is 1. The van der Waals surface area contributed by atoms with E-state index >= 15 is 0 Å². The van der Waals surface area contributed by atoms with Gasteiger partial charge in [0, 0.05) is 44.3 Å². The molecule has 0 spiro atoms. The lowest BCUT2D eigenvalue weighted by Gasteiger charge is -2.40. The number of H-pyrrole nitrogens is 1. The maximum Gasteiger partial charge on any atom is 0.305 e. The summed E-state index contributed by atoms with van der Waals surface area (Å²) in [7, 11) is 0. The number of rotatable bonds is 5. The van der Waals surface area contributed by atoms with E-state index in [2.05, 4.69) is 4.98 Å². The summed E-state index contributed by atoms with van der Waals surface area (Å²) in [4.78, 5) is 27.6. The molecule has 9 heteroatoms. The van der Waals surface area contributed by atoms with Crippen LogP contribution in [-0.2, 0) is 6.61 Å². The van der Waals surface area contributed by atoms with Gasteiger partial charge in [-0.25, -0.2) is 0 Å². The first-order chi connectivity index (χ1) is 16.0. The van der Waals surface area contributed by atoms with Crippen molar-refractivity contribution in [3.63, 3.8) is 0 Å². The summed E-state index contributed by atoms with van der Waals surface area (Å²) in [6.45, 7) is 0.266. The molecule has 0 saturated heterocycles. The van der Waals surface area contributed by atoms with Crippen molar-refractivity contribution in [2.24, 2.45) is 17.8 Å². The van der Waals surface area contributed by atoms with Gasteiger partial charge in [0.2, 0.25) is 0 Å². The molecule has 2 saturated carbocycles. The number of thioether (sulfide) groups is 1. The molecule has 5 atom stereocenters. The third-order valence-electron chi connectivity index (χ3n) is 7.35. The molecule has 0 unspecified atom stereocenters. The van der Waals surface area contributed by atoms with E-state index in [1.54, 1.807) is 23.9 Å². The number of nitrogens with one attached hydrogen (secondary N) is 1. The maximum absolute atomic E-state index is 12.3. The average molecular weight is 501 g/mol. The van der Waals surface area contributed by atoms with Gasteiger partial charge in [0.15, 0.2) is 0 Å². The molecule has 2 aromatic carbocycles. The number of nitro groups is 1. The second-order valence-electron chi connectivity index (χ2n) is 9.04. The Morgan fingerprint density at radius 3 is 2.82 bits per heavy atom. The predicted octanol–water partition coefficient (Wildman–Crippen LogP) is 6.23. The normalized spacial score (nSPS) is 27.2. The van der Waals surface area contributed by atoms with E-state index in [1.807, 2.05) is 24.3 Å². The molecule has 170 valence electrons. The molecule has 2 heterocycles. The van der Waals surface area contributed by atoms with Gasteiger partial charge >= 0.3 is 4.87 Å². The van der Waals surface area contributed by atoms with Crippen LogP contribution in [0, 0.1) is 27.9 Å². The number of halogens is 1. The summed E-state index contributed by atoms with van der Waals surface area (Å²) < 4.78 is 6.24. The Morgan fingerprint density at radius 1 is 1.18 bits per heavy atom. The van der Waals surface area contributed by atoms with Gasteiger partial charge in [-0.05, 0) is 49.1 Å². The number of hydrogen-bond donors (Lipinski definition) is 1. The van der Waals surface area contributed by atoms with E-state index in [0.717, 1.165) is 21.0 Å². The largest absolute Gasteiger partial charge is 0.489 e. The first-order valence-electron chi connectivity index (χ1n) is 11.0. The SMILES string of the molecule is O=c1[nH]c2c(s1)[C@H](c1cc([N+](=O)[O-])ccc1OCc1ccccc1Cl)[C@H]1[C@@H]3CC[C@H](C3)[C@H]1S2. The molecule has 6 rings (SSSR count). The maximum atomic E-state index is 12.3. The Hall–Kier alpha value is -2.29. The summed E-state index contributed by atoms with van der Waals surface area (Å²) in [5, 5.41) is 13.6. The van der Waals surface area contributed by atoms with E-state index in [9.17, 15) is 14.9 Å². The topological polar surface area (TPSA) is 85.2 Å². The van der Waals surface area contributed by atoms with E-state index in [1.165, 1.54) is 36.7 Å². The fourth-order valence-corrected chi connectivity index (χ4v) is 9.07. The number of aromatic amines is 1. The lowest BCUT2D eigenvalue weighted by Crippen LogP contribution is -2.33. The number of non-ortho nitro benzene ring substituents is 1. The molecule has 6 nitrogen and oxygen atoms in total. The first-order valence-corrected chi connectivity index (χ1v) is 13.1. The minimum atomic E-state index is -0.363. The van der Waals surface area contributed by atoms with Crippen molar-refractivity contribution in [2.75, 3.05) is 0 Å². The van der Waals surface area contributed by atoms with Gasteiger partial charge < -0.3 is 9.72 Å². The van der Waals surface area contributed by atoms with Gasteiger partial charge in [-0.2, -0.15) is 0 Å². The number of thiazole rings is 1. The molecule has 1 N–H and O–H groups in total. The zero-order valence-electron chi connectivity index (χ0n) is 17.5. The van der Waals surface area contributed by atoms with Gasteiger partial charge in [-0.15, -0.1) is 11.8 Å². The molecule has 1 aliphatic heterocycles. The minimum absolute atomic E-state index is 0.0393. The predicted molar refractivity (Wildman–Crippen MR) is 130 cm³/mol. The van der Waals surface area contributed by atoms with E-state index in [4.69, 9.17) is 16.3 Å². The molecule has 33 heavy (non-hydrogen) atoms. The Balaban J connectivity index is 1.46. The van der Waals surface area contributed by atoms with Crippen LogP contribution in [0.5, 0.6) is 5.75 Å². The second kappa shape index (κ2) is 8.18. The lowest BCUT2D eigenvalue weighted by atomic mass is 9.74. The van der Waals surface area contributed by atoms with Gasteiger partial charge in [0.05, 0.1) is 9.95 Å². The summed E-state index contributed by atoms with van der Waals surface area (Å²) in [6, 6.07) is 12.3. The smallest absolute Gasteiger partial charge is 0.305 e. The Bertz CT molecular complexity index is 1310. The van der Waals surface area contributed by atoms with Crippen LogP contribution in [0.1, 0.15) is 41.2 Å². The highest BCUT2D eigenvalue weighted by Gasteiger charge is 2.55. The lowest BCUT2D eigenvalue weighted by molar-refractivity contribution is -0.385. The highest BCUT2D eigenvalue weighted by molar-refractivity contribution is 8.00.